The highest BCUT2D eigenvalue weighted by molar-refractivity contribution is 5.35. The third-order valence-corrected chi connectivity index (χ3v) is 3.87. The van der Waals surface area contributed by atoms with Crippen LogP contribution in [-0.2, 0) is 9.47 Å². The van der Waals surface area contributed by atoms with Gasteiger partial charge in [-0.2, -0.15) is 4.98 Å². The average molecular weight is 323 g/mol. The first-order chi connectivity index (χ1) is 10.6. The molecule has 0 spiro atoms. The van der Waals surface area contributed by atoms with E-state index in [1.54, 1.807) is 6.20 Å². The van der Waals surface area contributed by atoms with Gasteiger partial charge in [-0.1, -0.05) is 13.8 Å². The highest BCUT2D eigenvalue weighted by atomic mass is 16.6. The molecule has 0 aromatic carbocycles. The molecule has 1 saturated heterocycles. The van der Waals surface area contributed by atoms with Crippen molar-refractivity contribution in [1.82, 2.24) is 9.55 Å². The first-order valence-electron chi connectivity index (χ1n) is 8.25. The Hall–Kier alpha value is -1.40. The molecule has 0 saturated carbocycles. The van der Waals surface area contributed by atoms with Crippen LogP contribution in [0.25, 0.3) is 0 Å². The summed E-state index contributed by atoms with van der Waals surface area (Å²) >= 11 is 0. The fourth-order valence-corrected chi connectivity index (χ4v) is 2.91. The molecule has 2 rings (SSSR count). The van der Waals surface area contributed by atoms with Crippen molar-refractivity contribution < 1.29 is 9.47 Å². The number of anilines is 1. The van der Waals surface area contributed by atoms with Gasteiger partial charge in [0.1, 0.15) is 12.0 Å². The van der Waals surface area contributed by atoms with Gasteiger partial charge < -0.3 is 15.2 Å². The second-order valence-electron chi connectivity index (χ2n) is 7.76. The molecular formula is C17H29N3O3. The second-order valence-corrected chi connectivity index (χ2v) is 7.76. The lowest BCUT2D eigenvalue weighted by molar-refractivity contribution is -0.0981. The fraction of sp³-hybridized carbons (Fsp3) is 0.765. The van der Waals surface area contributed by atoms with Gasteiger partial charge in [0.05, 0.1) is 17.8 Å². The van der Waals surface area contributed by atoms with E-state index in [1.807, 2.05) is 27.7 Å². The first kappa shape index (κ1) is 17.9. The van der Waals surface area contributed by atoms with Gasteiger partial charge in [-0.25, -0.2) is 4.79 Å². The van der Waals surface area contributed by atoms with Crippen molar-refractivity contribution in [1.29, 1.82) is 0 Å². The summed E-state index contributed by atoms with van der Waals surface area (Å²) in [5.74, 6) is 0.762. The predicted octanol–water partition coefficient (Wildman–Crippen LogP) is 2.65. The zero-order chi connectivity index (χ0) is 17.4. The first-order valence-corrected chi connectivity index (χ1v) is 8.25. The molecule has 3 atom stereocenters. The Balaban J connectivity index is 2.25. The Morgan fingerprint density at radius 3 is 2.70 bits per heavy atom. The number of nitrogens with zero attached hydrogens (tertiary/aromatic N) is 2. The standard InChI is InChI=1S/C17H29N3O3/c1-10(2)7-12-13(23-17(4,5)6)8-14(22-12)20-9-11(3)15(18)19-16(20)21/h9-10,12-14H,7-8H2,1-6H3,(H2,18,19,21)/t12-,13?,14-/m1/s1. The molecule has 0 radical (unpaired) electrons. The summed E-state index contributed by atoms with van der Waals surface area (Å²) < 4.78 is 13.9. The zero-order valence-electron chi connectivity index (χ0n) is 15.0. The normalized spacial score (nSPS) is 25.3. The maximum atomic E-state index is 12.2. The number of aromatic nitrogens is 2. The summed E-state index contributed by atoms with van der Waals surface area (Å²) in [6, 6.07) is 0. The quantitative estimate of drug-likeness (QED) is 0.921. The van der Waals surface area contributed by atoms with E-state index in [1.165, 1.54) is 4.57 Å². The number of nitrogen functional groups attached to an aromatic ring is 1. The SMILES string of the molecule is Cc1cn([C@H]2CC(OC(C)(C)C)[C@@H](CC(C)C)O2)c(=O)nc1N. The summed E-state index contributed by atoms with van der Waals surface area (Å²) in [5, 5.41) is 0. The maximum Gasteiger partial charge on any atom is 0.351 e. The highest BCUT2D eigenvalue weighted by Gasteiger charge is 2.39. The van der Waals surface area contributed by atoms with Crippen LogP contribution in [-0.4, -0.2) is 27.4 Å². The Morgan fingerprint density at radius 2 is 2.13 bits per heavy atom. The second kappa shape index (κ2) is 6.61. The number of hydrogen-bond acceptors (Lipinski definition) is 5. The number of ether oxygens (including phenoxy) is 2. The van der Waals surface area contributed by atoms with Crippen molar-refractivity contribution in [3.63, 3.8) is 0 Å². The van der Waals surface area contributed by atoms with Crippen LogP contribution in [0, 0.1) is 12.8 Å². The molecule has 130 valence electrons. The van der Waals surface area contributed by atoms with Crippen LogP contribution in [0.15, 0.2) is 11.0 Å². The third kappa shape index (κ3) is 4.54. The number of nitrogens with two attached hydrogens (primary N) is 1. The van der Waals surface area contributed by atoms with Gasteiger partial charge in [-0.05, 0) is 40.0 Å². The molecule has 1 aliphatic rings. The molecule has 0 amide bonds. The lowest BCUT2D eigenvalue weighted by atomic mass is 10.0. The smallest absolute Gasteiger partial charge is 0.351 e. The van der Waals surface area contributed by atoms with Crippen LogP contribution in [0.1, 0.15) is 59.3 Å². The van der Waals surface area contributed by atoms with Gasteiger partial charge in [0.2, 0.25) is 0 Å². The zero-order valence-corrected chi connectivity index (χ0v) is 15.0. The van der Waals surface area contributed by atoms with Gasteiger partial charge in [-0.15, -0.1) is 0 Å². The minimum absolute atomic E-state index is 0.0241. The molecule has 1 aromatic rings. The number of hydrogen-bond donors (Lipinski definition) is 1. The van der Waals surface area contributed by atoms with E-state index in [2.05, 4.69) is 18.8 Å². The van der Waals surface area contributed by atoms with Crippen molar-refractivity contribution in [2.75, 3.05) is 5.73 Å². The topological polar surface area (TPSA) is 79.4 Å². The Kier molecular flexibility index (Phi) is 5.16. The van der Waals surface area contributed by atoms with E-state index in [0.29, 0.717) is 12.3 Å². The molecule has 1 aliphatic heterocycles. The van der Waals surface area contributed by atoms with Crippen molar-refractivity contribution in [2.45, 2.75) is 78.4 Å². The van der Waals surface area contributed by atoms with Crippen molar-refractivity contribution >= 4 is 5.82 Å². The van der Waals surface area contributed by atoms with Crippen LogP contribution >= 0.6 is 0 Å². The summed E-state index contributed by atoms with van der Waals surface area (Å²) in [6.45, 7) is 12.3. The van der Waals surface area contributed by atoms with Gasteiger partial charge in [-0.3, -0.25) is 4.57 Å². The van der Waals surface area contributed by atoms with E-state index < -0.39 is 0 Å². The van der Waals surface area contributed by atoms with Crippen LogP contribution in [0.4, 0.5) is 5.82 Å². The Labute approximate surface area is 138 Å². The van der Waals surface area contributed by atoms with E-state index in [-0.39, 0.29) is 35.5 Å². The van der Waals surface area contributed by atoms with Crippen molar-refractivity contribution in [2.24, 2.45) is 5.92 Å². The summed E-state index contributed by atoms with van der Waals surface area (Å²) in [4.78, 5) is 16.0. The van der Waals surface area contributed by atoms with E-state index in [9.17, 15) is 4.79 Å². The lowest BCUT2D eigenvalue weighted by Crippen LogP contribution is -2.33. The average Bonchev–Trinajstić information content (AvgIpc) is 2.73. The molecule has 6 heteroatoms. The lowest BCUT2D eigenvalue weighted by Gasteiger charge is -2.28. The van der Waals surface area contributed by atoms with Gasteiger partial charge in [0, 0.05) is 18.2 Å². The number of rotatable bonds is 4. The molecule has 2 heterocycles. The predicted molar refractivity (Wildman–Crippen MR) is 90.3 cm³/mol. The molecule has 6 nitrogen and oxygen atoms in total. The molecule has 1 fully saturated rings. The molecule has 0 bridgehead atoms. The van der Waals surface area contributed by atoms with Gasteiger partial charge >= 0.3 is 5.69 Å². The third-order valence-electron chi connectivity index (χ3n) is 3.87. The minimum Gasteiger partial charge on any atom is -0.383 e. The Morgan fingerprint density at radius 1 is 1.48 bits per heavy atom. The molecule has 1 aromatic heterocycles. The summed E-state index contributed by atoms with van der Waals surface area (Å²) in [5.41, 5.74) is 5.85. The van der Waals surface area contributed by atoms with E-state index >= 15 is 0 Å². The largest absolute Gasteiger partial charge is 0.383 e. The maximum absolute atomic E-state index is 12.2. The molecule has 0 aliphatic carbocycles. The summed E-state index contributed by atoms with van der Waals surface area (Å²) in [6.07, 6.45) is 2.84. The molecule has 23 heavy (non-hydrogen) atoms. The highest BCUT2D eigenvalue weighted by Crippen LogP contribution is 2.35. The molecular weight excluding hydrogens is 294 g/mol. The van der Waals surface area contributed by atoms with Crippen LogP contribution in [0.2, 0.25) is 0 Å². The van der Waals surface area contributed by atoms with Crippen LogP contribution in [0.3, 0.4) is 0 Å². The monoisotopic (exact) mass is 323 g/mol. The molecule has 2 N–H and O–H groups in total. The van der Waals surface area contributed by atoms with Crippen LogP contribution < -0.4 is 11.4 Å². The van der Waals surface area contributed by atoms with Gasteiger partial charge in [0.15, 0.2) is 0 Å². The van der Waals surface area contributed by atoms with Crippen molar-refractivity contribution in [3.8, 4) is 0 Å². The minimum atomic E-state index is -0.377. The summed E-state index contributed by atoms with van der Waals surface area (Å²) in [7, 11) is 0. The van der Waals surface area contributed by atoms with E-state index in [0.717, 1.165) is 12.0 Å². The fourth-order valence-electron chi connectivity index (χ4n) is 2.91. The van der Waals surface area contributed by atoms with Crippen LogP contribution in [0.5, 0.6) is 0 Å². The van der Waals surface area contributed by atoms with Crippen molar-refractivity contribution in [3.05, 3.63) is 22.2 Å². The van der Waals surface area contributed by atoms with E-state index in [4.69, 9.17) is 15.2 Å². The number of aryl methyl sites for hydroxylation is 1. The van der Waals surface area contributed by atoms with Gasteiger partial charge in [0.25, 0.3) is 0 Å². The molecule has 1 unspecified atom stereocenters. The Bertz CT molecular complexity index is 604.